The van der Waals surface area contributed by atoms with Crippen LogP contribution in [0.5, 0.6) is 5.75 Å². The predicted octanol–water partition coefficient (Wildman–Crippen LogP) is 2.09. The van der Waals surface area contributed by atoms with Gasteiger partial charge in [0.15, 0.2) is 5.96 Å². The van der Waals surface area contributed by atoms with E-state index in [9.17, 15) is 4.79 Å². The van der Waals surface area contributed by atoms with Gasteiger partial charge in [0.1, 0.15) is 5.75 Å². The molecule has 6 heteroatoms. The van der Waals surface area contributed by atoms with E-state index in [2.05, 4.69) is 15.6 Å². The van der Waals surface area contributed by atoms with Crippen LogP contribution in [0.4, 0.5) is 0 Å². The van der Waals surface area contributed by atoms with E-state index in [0.29, 0.717) is 32.1 Å². The second kappa shape index (κ2) is 10.5. The van der Waals surface area contributed by atoms with E-state index in [1.807, 2.05) is 45.0 Å². The van der Waals surface area contributed by atoms with Gasteiger partial charge >= 0.3 is 5.97 Å². The van der Waals surface area contributed by atoms with Gasteiger partial charge in [0.05, 0.1) is 19.1 Å². The number of para-hydroxylation sites is 1. The fourth-order valence-electron chi connectivity index (χ4n) is 1.95. The third-order valence-electron chi connectivity index (χ3n) is 2.93. The molecule has 0 unspecified atom stereocenters. The zero-order valence-electron chi connectivity index (χ0n) is 14.4. The number of nitrogens with one attached hydrogen (secondary N) is 2. The highest BCUT2D eigenvalue weighted by Gasteiger charge is 2.07. The SMILES string of the molecule is CCOc1ccccc1CNC(=NC)NCCC(=O)OC(C)C. The molecule has 1 aromatic carbocycles. The fourth-order valence-corrected chi connectivity index (χ4v) is 1.95. The largest absolute Gasteiger partial charge is 0.494 e. The Morgan fingerprint density at radius 2 is 2.00 bits per heavy atom. The van der Waals surface area contributed by atoms with Gasteiger partial charge in [-0.15, -0.1) is 0 Å². The Bertz CT molecular complexity index is 516. The first-order valence-corrected chi connectivity index (χ1v) is 7.91. The summed E-state index contributed by atoms with van der Waals surface area (Å²) in [5.74, 6) is 1.27. The molecular weight excluding hydrogens is 294 g/mol. The number of ether oxygens (including phenoxy) is 2. The Hall–Kier alpha value is -2.24. The minimum Gasteiger partial charge on any atom is -0.494 e. The Balaban J connectivity index is 2.41. The fraction of sp³-hybridized carbons (Fsp3) is 0.529. The summed E-state index contributed by atoms with van der Waals surface area (Å²) < 4.78 is 10.7. The van der Waals surface area contributed by atoms with Crippen LogP contribution < -0.4 is 15.4 Å². The van der Waals surface area contributed by atoms with Crippen molar-refractivity contribution in [3.63, 3.8) is 0 Å². The zero-order valence-corrected chi connectivity index (χ0v) is 14.4. The highest BCUT2D eigenvalue weighted by atomic mass is 16.5. The van der Waals surface area contributed by atoms with E-state index in [1.165, 1.54) is 0 Å². The number of guanidine groups is 1. The molecule has 0 aliphatic carbocycles. The number of aliphatic imine (C=N–C) groups is 1. The lowest BCUT2D eigenvalue weighted by molar-refractivity contribution is -0.147. The van der Waals surface area contributed by atoms with Gasteiger partial charge in [-0.3, -0.25) is 9.79 Å². The third kappa shape index (κ3) is 7.54. The average molecular weight is 321 g/mol. The van der Waals surface area contributed by atoms with Gasteiger partial charge in [0.2, 0.25) is 0 Å². The van der Waals surface area contributed by atoms with Crippen molar-refractivity contribution in [2.75, 3.05) is 20.2 Å². The van der Waals surface area contributed by atoms with Crippen molar-refractivity contribution in [2.24, 2.45) is 4.99 Å². The summed E-state index contributed by atoms with van der Waals surface area (Å²) in [7, 11) is 1.69. The van der Waals surface area contributed by atoms with E-state index in [-0.39, 0.29) is 12.1 Å². The number of benzene rings is 1. The molecule has 0 fully saturated rings. The van der Waals surface area contributed by atoms with Crippen molar-refractivity contribution < 1.29 is 14.3 Å². The number of nitrogens with zero attached hydrogens (tertiary/aromatic N) is 1. The van der Waals surface area contributed by atoms with Gasteiger partial charge in [0, 0.05) is 25.7 Å². The molecule has 0 atom stereocenters. The first-order chi connectivity index (χ1) is 11.1. The van der Waals surface area contributed by atoms with Crippen molar-refractivity contribution in [1.29, 1.82) is 0 Å². The second-order valence-corrected chi connectivity index (χ2v) is 5.18. The van der Waals surface area contributed by atoms with E-state index >= 15 is 0 Å². The maximum absolute atomic E-state index is 11.5. The highest BCUT2D eigenvalue weighted by molar-refractivity contribution is 5.80. The first-order valence-electron chi connectivity index (χ1n) is 7.91. The smallest absolute Gasteiger partial charge is 0.307 e. The lowest BCUT2D eigenvalue weighted by atomic mass is 10.2. The maximum atomic E-state index is 11.5. The summed E-state index contributed by atoms with van der Waals surface area (Å²) in [6.45, 7) is 7.32. The minimum absolute atomic E-state index is 0.0880. The van der Waals surface area contributed by atoms with Crippen molar-refractivity contribution >= 4 is 11.9 Å². The molecule has 0 heterocycles. The van der Waals surface area contributed by atoms with Crippen LogP contribution in [0.1, 0.15) is 32.8 Å². The van der Waals surface area contributed by atoms with Gasteiger partial charge in [-0.2, -0.15) is 0 Å². The Morgan fingerprint density at radius 1 is 1.26 bits per heavy atom. The average Bonchev–Trinajstić information content (AvgIpc) is 2.51. The number of esters is 1. The third-order valence-corrected chi connectivity index (χ3v) is 2.93. The molecule has 0 saturated heterocycles. The monoisotopic (exact) mass is 321 g/mol. The van der Waals surface area contributed by atoms with E-state index in [0.717, 1.165) is 11.3 Å². The number of hydrogen-bond donors (Lipinski definition) is 2. The molecule has 0 amide bonds. The summed E-state index contributed by atoms with van der Waals surface area (Å²) >= 11 is 0. The molecule has 0 saturated carbocycles. The van der Waals surface area contributed by atoms with Crippen LogP contribution in [-0.2, 0) is 16.1 Å². The molecule has 0 bridgehead atoms. The Morgan fingerprint density at radius 3 is 2.65 bits per heavy atom. The number of hydrogen-bond acceptors (Lipinski definition) is 4. The number of carbonyl (C=O) groups excluding carboxylic acids is 1. The highest BCUT2D eigenvalue weighted by Crippen LogP contribution is 2.17. The van der Waals surface area contributed by atoms with Crippen LogP contribution in [-0.4, -0.2) is 38.2 Å². The van der Waals surface area contributed by atoms with E-state index in [1.54, 1.807) is 7.05 Å². The lowest BCUT2D eigenvalue weighted by Gasteiger charge is -2.14. The van der Waals surface area contributed by atoms with Gasteiger partial charge < -0.3 is 20.1 Å². The summed E-state index contributed by atoms with van der Waals surface area (Å²) in [4.78, 5) is 15.6. The lowest BCUT2D eigenvalue weighted by Crippen LogP contribution is -2.38. The predicted molar refractivity (Wildman–Crippen MR) is 91.7 cm³/mol. The molecule has 1 aromatic rings. The van der Waals surface area contributed by atoms with Crippen molar-refractivity contribution in [3.8, 4) is 5.75 Å². The van der Waals surface area contributed by atoms with E-state index in [4.69, 9.17) is 9.47 Å². The van der Waals surface area contributed by atoms with Gasteiger partial charge in [-0.25, -0.2) is 0 Å². The molecule has 0 radical (unpaired) electrons. The maximum Gasteiger partial charge on any atom is 0.307 e. The zero-order chi connectivity index (χ0) is 17.1. The molecule has 0 aliphatic rings. The van der Waals surface area contributed by atoms with Gasteiger partial charge in [-0.1, -0.05) is 18.2 Å². The van der Waals surface area contributed by atoms with Crippen LogP contribution >= 0.6 is 0 Å². The van der Waals surface area contributed by atoms with Crippen molar-refractivity contribution in [2.45, 2.75) is 39.8 Å². The molecule has 128 valence electrons. The summed E-state index contributed by atoms with van der Waals surface area (Å²) in [6, 6.07) is 7.86. The Labute approximate surface area is 138 Å². The van der Waals surface area contributed by atoms with Crippen LogP contribution in [0.3, 0.4) is 0 Å². The molecule has 0 spiro atoms. The summed E-state index contributed by atoms with van der Waals surface area (Å²) in [5, 5.41) is 6.30. The van der Waals surface area contributed by atoms with Gasteiger partial charge in [-0.05, 0) is 26.8 Å². The molecule has 6 nitrogen and oxygen atoms in total. The molecular formula is C17H27N3O3. The molecule has 2 N–H and O–H groups in total. The van der Waals surface area contributed by atoms with Crippen LogP contribution in [0.2, 0.25) is 0 Å². The summed E-state index contributed by atoms with van der Waals surface area (Å²) in [6.07, 6.45) is 0.212. The van der Waals surface area contributed by atoms with Crippen LogP contribution in [0, 0.1) is 0 Å². The number of carbonyl (C=O) groups is 1. The molecule has 1 rings (SSSR count). The van der Waals surface area contributed by atoms with Crippen LogP contribution in [0.25, 0.3) is 0 Å². The molecule has 23 heavy (non-hydrogen) atoms. The number of rotatable bonds is 8. The van der Waals surface area contributed by atoms with Crippen molar-refractivity contribution in [3.05, 3.63) is 29.8 Å². The van der Waals surface area contributed by atoms with Gasteiger partial charge in [0.25, 0.3) is 0 Å². The quantitative estimate of drug-likeness (QED) is 0.436. The molecule has 0 aromatic heterocycles. The second-order valence-electron chi connectivity index (χ2n) is 5.18. The standard InChI is InChI=1S/C17H27N3O3/c1-5-22-15-9-7-6-8-14(15)12-20-17(18-4)19-11-10-16(21)23-13(2)3/h6-9,13H,5,10-12H2,1-4H3,(H2,18,19,20). The van der Waals surface area contributed by atoms with Crippen LogP contribution in [0.15, 0.2) is 29.3 Å². The first kappa shape index (κ1) is 18.8. The normalized spacial score (nSPS) is 11.3. The minimum atomic E-state index is -0.218. The van der Waals surface area contributed by atoms with E-state index < -0.39 is 0 Å². The molecule has 0 aliphatic heterocycles. The van der Waals surface area contributed by atoms with Crippen molar-refractivity contribution in [1.82, 2.24) is 10.6 Å². The Kier molecular flexibility index (Phi) is 8.57. The summed E-state index contributed by atoms with van der Waals surface area (Å²) in [5.41, 5.74) is 1.05. The topological polar surface area (TPSA) is 72.0 Å².